The molecule has 1 heterocycles. The summed E-state index contributed by atoms with van der Waals surface area (Å²) in [6.07, 6.45) is 0.361. The molecule has 2 rings (SSSR count). The predicted molar refractivity (Wildman–Crippen MR) is 81.0 cm³/mol. The van der Waals surface area contributed by atoms with Gasteiger partial charge in [0.15, 0.2) is 0 Å². The second-order valence-electron chi connectivity index (χ2n) is 4.61. The molecular formula is C15H15Cl2NO3. The zero-order chi connectivity index (χ0) is 15.4. The summed E-state index contributed by atoms with van der Waals surface area (Å²) in [5, 5.41) is 0.225. The maximum absolute atomic E-state index is 12.2. The van der Waals surface area contributed by atoms with Crippen LogP contribution >= 0.6 is 23.2 Å². The summed E-state index contributed by atoms with van der Waals surface area (Å²) in [5.74, 6) is -0.888. The molecule has 0 saturated heterocycles. The van der Waals surface area contributed by atoms with Crippen LogP contribution in [0.1, 0.15) is 12.5 Å². The van der Waals surface area contributed by atoms with Crippen LogP contribution in [0.25, 0.3) is 0 Å². The molecule has 0 spiro atoms. The SMILES string of the molecule is CCOC(=O)[C@@H](Cc1ccccc1)N1CC(Cl)=C(Cl)C1=O. The van der Waals surface area contributed by atoms with Gasteiger partial charge in [-0.3, -0.25) is 4.79 Å². The zero-order valence-corrected chi connectivity index (χ0v) is 13.0. The second-order valence-corrected chi connectivity index (χ2v) is 5.44. The number of halogens is 2. The van der Waals surface area contributed by atoms with E-state index in [9.17, 15) is 9.59 Å². The Hall–Kier alpha value is -1.52. The number of hydrogen-bond donors (Lipinski definition) is 0. The minimum absolute atomic E-state index is 0.0287. The molecule has 1 aromatic carbocycles. The number of ether oxygens (including phenoxy) is 1. The molecule has 0 unspecified atom stereocenters. The highest BCUT2D eigenvalue weighted by atomic mass is 35.5. The smallest absolute Gasteiger partial charge is 0.329 e. The molecule has 0 fully saturated rings. The van der Waals surface area contributed by atoms with E-state index < -0.39 is 17.9 Å². The zero-order valence-electron chi connectivity index (χ0n) is 11.5. The molecule has 0 N–H and O–H groups in total. The van der Waals surface area contributed by atoms with Crippen LogP contribution in [0, 0.1) is 0 Å². The number of carbonyl (C=O) groups excluding carboxylic acids is 2. The molecule has 1 aliphatic heterocycles. The quantitative estimate of drug-likeness (QED) is 0.781. The molecule has 0 radical (unpaired) electrons. The Morgan fingerprint density at radius 1 is 1.33 bits per heavy atom. The van der Waals surface area contributed by atoms with Crippen molar-refractivity contribution in [3.63, 3.8) is 0 Å². The van der Waals surface area contributed by atoms with E-state index >= 15 is 0 Å². The first-order chi connectivity index (χ1) is 10.0. The van der Waals surface area contributed by atoms with Crippen molar-refractivity contribution in [1.82, 2.24) is 4.90 Å². The third kappa shape index (κ3) is 3.57. The van der Waals surface area contributed by atoms with E-state index in [4.69, 9.17) is 27.9 Å². The molecular weight excluding hydrogens is 313 g/mol. The van der Waals surface area contributed by atoms with Crippen LogP contribution in [0.4, 0.5) is 0 Å². The van der Waals surface area contributed by atoms with Gasteiger partial charge >= 0.3 is 5.97 Å². The molecule has 0 aromatic heterocycles. The lowest BCUT2D eigenvalue weighted by Crippen LogP contribution is -2.45. The van der Waals surface area contributed by atoms with Crippen LogP contribution in [-0.2, 0) is 20.7 Å². The normalized spacial score (nSPS) is 16.3. The van der Waals surface area contributed by atoms with Gasteiger partial charge in [-0.05, 0) is 12.5 Å². The van der Waals surface area contributed by atoms with Gasteiger partial charge in [0.2, 0.25) is 0 Å². The summed E-state index contributed by atoms with van der Waals surface area (Å²) in [6, 6.07) is 8.69. The highest BCUT2D eigenvalue weighted by Crippen LogP contribution is 2.28. The van der Waals surface area contributed by atoms with E-state index in [0.717, 1.165) is 5.56 Å². The summed E-state index contributed by atoms with van der Waals surface area (Å²) >= 11 is 11.8. The second kappa shape index (κ2) is 6.96. The number of hydrogen-bond acceptors (Lipinski definition) is 3. The lowest BCUT2D eigenvalue weighted by atomic mass is 10.0. The lowest BCUT2D eigenvalue weighted by Gasteiger charge is -2.26. The summed E-state index contributed by atoms with van der Waals surface area (Å²) in [4.78, 5) is 25.6. The molecule has 1 aromatic rings. The van der Waals surface area contributed by atoms with Crippen LogP contribution in [-0.4, -0.2) is 36.0 Å². The summed E-state index contributed by atoms with van der Waals surface area (Å²) in [5.41, 5.74) is 0.933. The van der Waals surface area contributed by atoms with Gasteiger partial charge in [0.25, 0.3) is 5.91 Å². The number of rotatable bonds is 5. The van der Waals surface area contributed by atoms with Crippen LogP contribution < -0.4 is 0 Å². The predicted octanol–water partition coefficient (Wildman–Crippen LogP) is 2.69. The van der Waals surface area contributed by atoms with Crippen molar-refractivity contribution < 1.29 is 14.3 Å². The Balaban J connectivity index is 2.21. The van der Waals surface area contributed by atoms with Gasteiger partial charge in [-0.2, -0.15) is 0 Å². The monoisotopic (exact) mass is 327 g/mol. The average molecular weight is 328 g/mol. The molecule has 4 nitrogen and oxygen atoms in total. The maximum atomic E-state index is 12.2. The van der Waals surface area contributed by atoms with Gasteiger partial charge in [-0.1, -0.05) is 53.5 Å². The largest absolute Gasteiger partial charge is 0.464 e. The van der Waals surface area contributed by atoms with Gasteiger partial charge in [0.1, 0.15) is 11.1 Å². The van der Waals surface area contributed by atoms with Gasteiger partial charge in [-0.15, -0.1) is 0 Å². The van der Waals surface area contributed by atoms with E-state index in [-0.39, 0.29) is 23.2 Å². The van der Waals surface area contributed by atoms with Crippen LogP contribution in [0.15, 0.2) is 40.4 Å². The third-order valence-electron chi connectivity index (χ3n) is 3.20. The van der Waals surface area contributed by atoms with Crippen molar-refractivity contribution in [3.8, 4) is 0 Å². The summed E-state index contributed by atoms with van der Waals surface area (Å²) in [6.45, 7) is 2.11. The Labute approximate surface area is 133 Å². The molecule has 112 valence electrons. The Bertz CT molecular complexity index is 572. The van der Waals surface area contributed by atoms with Crippen LogP contribution in [0.2, 0.25) is 0 Å². The van der Waals surface area contributed by atoms with Crippen molar-refractivity contribution in [2.45, 2.75) is 19.4 Å². The summed E-state index contributed by atoms with van der Waals surface area (Å²) < 4.78 is 5.07. The average Bonchev–Trinajstić information content (AvgIpc) is 2.73. The van der Waals surface area contributed by atoms with Crippen molar-refractivity contribution in [2.24, 2.45) is 0 Å². The van der Waals surface area contributed by atoms with E-state index in [1.165, 1.54) is 4.90 Å². The van der Waals surface area contributed by atoms with Gasteiger partial charge < -0.3 is 9.64 Å². The van der Waals surface area contributed by atoms with Crippen LogP contribution in [0.5, 0.6) is 0 Å². The molecule has 0 saturated carbocycles. The molecule has 1 amide bonds. The van der Waals surface area contributed by atoms with Crippen LogP contribution in [0.3, 0.4) is 0 Å². The van der Waals surface area contributed by atoms with E-state index in [1.54, 1.807) is 6.92 Å². The Morgan fingerprint density at radius 2 is 2.00 bits per heavy atom. The van der Waals surface area contributed by atoms with E-state index in [2.05, 4.69) is 0 Å². The first kappa shape index (κ1) is 15.9. The molecule has 6 heteroatoms. The van der Waals surface area contributed by atoms with Gasteiger partial charge in [-0.25, -0.2) is 4.79 Å². The van der Waals surface area contributed by atoms with Gasteiger partial charge in [0.05, 0.1) is 18.2 Å². The summed E-state index contributed by atoms with van der Waals surface area (Å²) in [7, 11) is 0. The number of amides is 1. The molecule has 1 atom stereocenters. The van der Waals surface area contributed by atoms with E-state index in [1.807, 2.05) is 30.3 Å². The minimum atomic E-state index is -0.732. The third-order valence-corrected chi connectivity index (χ3v) is 4.00. The fraction of sp³-hybridized carbons (Fsp3) is 0.333. The number of benzene rings is 1. The molecule has 0 bridgehead atoms. The Morgan fingerprint density at radius 3 is 2.52 bits per heavy atom. The van der Waals surface area contributed by atoms with Gasteiger partial charge in [0, 0.05) is 6.42 Å². The first-order valence-corrected chi connectivity index (χ1v) is 7.35. The van der Waals surface area contributed by atoms with Crippen molar-refractivity contribution in [2.75, 3.05) is 13.2 Å². The fourth-order valence-electron chi connectivity index (χ4n) is 2.18. The van der Waals surface area contributed by atoms with Crippen molar-refractivity contribution >= 4 is 35.1 Å². The number of esters is 1. The molecule has 1 aliphatic rings. The number of carbonyl (C=O) groups is 2. The highest BCUT2D eigenvalue weighted by molar-refractivity contribution is 6.49. The number of nitrogens with zero attached hydrogens (tertiary/aromatic N) is 1. The van der Waals surface area contributed by atoms with E-state index in [0.29, 0.717) is 6.42 Å². The van der Waals surface area contributed by atoms with Crippen molar-refractivity contribution in [3.05, 3.63) is 46.0 Å². The topological polar surface area (TPSA) is 46.6 Å². The minimum Gasteiger partial charge on any atom is -0.464 e. The highest BCUT2D eigenvalue weighted by Gasteiger charge is 2.37. The Kier molecular flexibility index (Phi) is 5.26. The standard InChI is InChI=1S/C15H15Cl2NO3/c1-2-21-15(20)12(8-10-6-4-3-5-7-10)18-9-11(16)13(17)14(18)19/h3-7,12H,2,8-9H2,1H3/t12-/m1/s1. The lowest BCUT2D eigenvalue weighted by molar-refractivity contribution is -0.152. The fourth-order valence-corrected chi connectivity index (χ4v) is 2.56. The molecule has 21 heavy (non-hydrogen) atoms. The first-order valence-electron chi connectivity index (χ1n) is 6.60. The molecule has 0 aliphatic carbocycles. The van der Waals surface area contributed by atoms with Crippen molar-refractivity contribution in [1.29, 1.82) is 0 Å². The maximum Gasteiger partial charge on any atom is 0.329 e.